The number of nitrogens with two attached hydrogens (primary N) is 2. The Hall–Kier alpha value is -12.4. The van der Waals surface area contributed by atoms with E-state index in [9.17, 15) is 78.2 Å². The van der Waals surface area contributed by atoms with E-state index in [0.29, 0.717) is 69.9 Å². The monoisotopic (exact) mass is 1900 g/mol. The van der Waals surface area contributed by atoms with Crippen molar-refractivity contribution < 1.29 is 120 Å². The number of unbranched alkanes of at least 4 members (excludes halogenated alkanes) is 1. The number of carboxylic acid groups (broad SMARTS) is 2. The van der Waals surface area contributed by atoms with Gasteiger partial charge in [0.15, 0.2) is 17.5 Å². The minimum Gasteiger partial charge on any atom is -0.508 e. The van der Waals surface area contributed by atoms with Crippen molar-refractivity contribution in [2.75, 3.05) is 52.3 Å². The first-order chi connectivity index (χ1) is 64.0. The standard InChI is InChI=1S/C93H121F3N16O22S/c1-9-10-25-70(91(132)111-44-58(115)39-72(111)87(128)101-56(46-113)38-77(119)120)108(6)90(131)74(36-52-21-15-12-16-22-52)110(8)89(130)68(34-54-31-61(94)79(96)62(95)32-54)102-76(118)48-135-47-69(82(123)100-43-75(97)117)107-83(124)65(30-49(2)3)104-84(125)66(33-53-26-28-57(114)29-27-53)105-85(126)67(37-55-42-99-63-24-18-17-23-60(55)63)106-88(129)73-40-59(116)45-112(73)93-81(134-93)64(41-78(121)122)103-86(127)71(35-51-19-13-11-14-20-51)109(7)92(133)80(98)50(4)5/h11-24,26-29,31-32,42,46,49-50,56,58-59,64-74,80-81,91,93,99,114-116,132H,9-10,25,30,33-41,43-45,47-48,98H2,1-8H3,(H2,97,117)(H,100,123)(H,101,128)(H,102,118)(H,103,127)(H,104,125)(H,105,126)(H,106,129)(H,107,124)(H,119,120)(H,121,122)/t56-,58+,59+,64-,65-,66-,67-,68-,69-,70-,71-,72+,73+,74-,80-,81?,91?,93?/m0/s1. The normalized spacial score (nSPS) is 19.2. The molecule has 0 spiro atoms. The van der Waals surface area contributed by atoms with Gasteiger partial charge in [0, 0.05) is 89.2 Å². The molecular formula is C93H121F3N16O22S. The van der Waals surface area contributed by atoms with Crippen molar-refractivity contribution >= 4 is 112 Å². The zero-order valence-corrected chi connectivity index (χ0v) is 76.9. The Morgan fingerprint density at radius 1 is 0.600 bits per heavy atom. The highest BCUT2D eigenvalue weighted by molar-refractivity contribution is 8.00. The summed E-state index contributed by atoms with van der Waals surface area (Å²) in [5.74, 6) is -21.1. The van der Waals surface area contributed by atoms with Gasteiger partial charge in [-0.3, -0.25) is 76.9 Å². The van der Waals surface area contributed by atoms with Gasteiger partial charge in [-0.1, -0.05) is 138 Å². The minimum atomic E-state index is -1.86. The first kappa shape index (κ1) is 106. The molecule has 19 N–H and O–H groups in total. The molecule has 6 aromatic rings. The highest BCUT2D eigenvalue weighted by Crippen LogP contribution is 2.37. The van der Waals surface area contributed by atoms with Crippen LogP contribution in [0.1, 0.15) is 114 Å². The maximum Gasteiger partial charge on any atom is 0.305 e. The number of halogens is 3. The molecule has 3 unspecified atom stereocenters. The Labute approximate surface area is 782 Å². The van der Waals surface area contributed by atoms with Gasteiger partial charge in [-0.25, -0.2) is 13.2 Å². The summed E-state index contributed by atoms with van der Waals surface area (Å²) in [6.45, 7) is 7.38. The van der Waals surface area contributed by atoms with Crippen LogP contribution < -0.4 is 54.0 Å². The second-order valence-electron chi connectivity index (χ2n) is 35.1. The molecule has 18 atom stereocenters. The molecule has 0 saturated carbocycles. The number of nitrogens with zero attached hydrogens (tertiary/aromatic N) is 5. The molecule has 0 radical (unpaired) electrons. The summed E-state index contributed by atoms with van der Waals surface area (Å²) in [6.07, 6.45) is -7.40. The molecule has 5 aromatic carbocycles. The molecule has 38 nitrogen and oxygen atoms in total. The lowest BCUT2D eigenvalue weighted by molar-refractivity contribution is -0.152. The van der Waals surface area contributed by atoms with E-state index in [-0.39, 0.29) is 88.0 Å². The number of thioether (sulfide) groups is 1. The second-order valence-corrected chi connectivity index (χ2v) is 36.1. The number of aliphatic carboxylic acids is 2. The quantitative estimate of drug-likeness (QED) is 0.0139. The number of rotatable bonds is 51. The molecule has 42 heteroatoms. The number of aromatic amines is 1. The molecule has 12 amide bonds. The van der Waals surface area contributed by atoms with E-state index >= 15 is 37.5 Å². The summed E-state index contributed by atoms with van der Waals surface area (Å²) in [5.41, 5.74) is 14.0. The van der Waals surface area contributed by atoms with E-state index < -0.39 is 253 Å². The average molecular weight is 1900 g/mol. The van der Waals surface area contributed by atoms with Gasteiger partial charge in [0.2, 0.25) is 70.9 Å². The minimum absolute atomic E-state index is 0.00502. The predicted molar refractivity (Wildman–Crippen MR) is 486 cm³/mol. The van der Waals surface area contributed by atoms with Crippen LogP contribution in [0.2, 0.25) is 0 Å². The number of aliphatic hydroxyl groups is 3. The lowest BCUT2D eigenvalue weighted by Crippen LogP contribution is -2.61. The number of epoxide rings is 1. The zero-order chi connectivity index (χ0) is 98.9. The number of aliphatic hydroxyl groups excluding tert-OH is 3. The van der Waals surface area contributed by atoms with Crippen LogP contribution in [0.25, 0.3) is 10.9 Å². The number of aldehydes is 1. The zero-order valence-electron chi connectivity index (χ0n) is 76.1. The van der Waals surface area contributed by atoms with Crippen LogP contribution in [0.3, 0.4) is 0 Å². The highest BCUT2D eigenvalue weighted by Gasteiger charge is 2.56. The van der Waals surface area contributed by atoms with E-state index in [2.05, 4.69) is 47.5 Å². The van der Waals surface area contributed by atoms with Gasteiger partial charge in [0.25, 0.3) is 0 Å². The fourth-order valence-corrected chi connectivity index (χ4v) is 17.5. The maximum absolute atomic E-state index is 15.4. The maximum atomic E-state index is 15.4. The molecule has 0 bridgehead atoms. The summed E-state index contributed by atoms with van der Waals surface area (Å²) in [7, 11) is 3.94. The van der Waals surface area contributed by atoms with Gasteiger partial charge < -0.3 is 114 Å². The van der Waals surface area contributed by atoms with E-state index in [1.165, 1.54) is 60.1 Å². The van der Waals surface area contributed by atoms with Gasteiger partial charge in [-0.2, -0.15) is 0 Å². The molecule has 0 aliphatic carbocycles. The predicted octanol–water partition coefficient (Wildman–Crippen LogP) is 0.295. The number of primary amides is 1. The Bertz CT molecular complexity index is 5140. The number of hydrogen-bond acceptors (Lipinski definition) is 24. The SMILES string of the molecule is CCCC[C@@H](C(O)N1C[C@H](O)C[C@@H]1C(=O)N[C@H](C=O)CC(=O)O)N(C)C(=O)[C@H](Cc1ccccc1)N(C)C(=O)[C@H](Cc1cc(F)c(F)c(F)c1)NC(=O)CSC[C@H](NC(=O)[C@H](CC(C)C)NC(=O)[C@H](Cc1ccc(O)cc1)NC(=O)[C@H](Cc1c[nH]c2ccccc12)NC(=O)[C@H]1C[C@@H](O)CN1C1OC1[C@H](CC(=O)O)NC(=O)[C@H](Cc1ccccc1)N(C)C(=O)[C@@H](N)C(C)C)C(=O)NCC(N)=O. The molecule has 3 aliphatic rings. The summed E-state index contributed by atoms with van der Waals surface area (Å²) in [6, 6.07) is 12.0. The molecule has 9 rings (SSSR count). The number of carbonyl (C=O) groups excluding carboxylic acids is 13. The molecule has 3 fully saturated rings. The Morgan fingerprint density at radius 3 is 1.75 bits per heavy atom. The fraction of sp³-hybridized carbons (Fsp3) is 0.495. The molecule has 732 valence electrons. The van der Waals surface area contributed by atoms with Crippen LogP contribution in [-0.4, -0.2) is 311 Å². The van der Waals surface area contributed by atoms with Crippen LogP contribution in [-0.2, 0) is 109 Å². The number of amides is 12. The number of phenols is 1. The number of H-pyrrole nitrogens is 1. The van der Waals surface area contributed by atoms with Crippen LogP contribution in [0.15, 0.2) is 128 Å². The van der Waals surface area contributed by atoms with E-state index in [0.717, 1.165) is 9.80 Å². The number of aromatic nitrogens is 1. The molecule has 135 heavy (non-hydrogen) atoms. The van der Waals surface area contributed by atoms with Gasteiger partial charge in [0.1, 0.15) is 72.9 Å². The third kappa shape index (κ3) is 30.0. The number of benzene rings is 5. The van der Waals surface area contributed by atoms with E-state index in [4.69, 9.17) is 16.2 Å². The number of likely N-dealkylation sites (N-methyl/N-ethyl adjacent to an activating group) is 3. The Balaban J connectivity index is 0.946. The topological polar surface area (TPSA) is 570 Å². The van der Waals surface area contributed by atoms with Crippen molar-refractivity contribution in [1.82, 2.24) is 72.0 Å². The number of likely N-dealkylation sites (tertiary alicyclic amines) is 2. The number of carboxylic acids is 2. The van der Waals surface area contributed by atoms with Crippen molar-refractivity contribution in [1.29, 1.82) is 0 Å². The molecule has 3 saturated heterocycles. The van der Waals surface area contributed by atoms with Gasteiger partial charge in [0.05, 0.1) is 73.6 Å². The number of carbonyl (C=O) groups is 15. The summed E-state index contributed by atoms with van der Waals surface area (Å²) in [4.78, 5) is 220. The van der Waals surface area contributed by atoms with E-state index in [1.54, 1.807) is 119 Å². The van der Waals surface area contributed by atoms with Gasteiger partial charge in [-0.15, -0.1) is 11.8 Å². The lowest BCUT2D eigenvalue weighted by atomic mass is 9.98. The van der Waals surface area contributed by atoms with E-state index in [1.807, 2.05) is 6.92 Å². The van der Waals surface area contributed by atoms with Crippen molar-refractivity contribution in [3.05, 3.63) is 173 Å². The number of ether oxygens (including phenoxy) is 1. The Kier molecular flexibility index (Phi) is 39.1. The Morgan fingerprint density at radius 2 is 1.15 bits per heavy atom. The van der Waals surface area contributed by atoms with Crippen LogP contribution in [0.4, 0.5) is 13.2 Å². The highest BCUT2D eigenvalue weighted by atomic mass is 32.2. The number of para-hydroxylation sites is 1. The third-order valence-electron chi connectivity index (χ3n) is 24.0. The molecular weight excluding hydrogens is 1780 g/mol. The summed E-state index contributed by atoms with van der Waals surface area (Å²) < 4.78 is 51.0. The van der Waals surface area contributed by atoms with Crippen molar-refractivity contribution in [3.8, 4) is 5.75 Å². The fourth-order valence-electron chi connectivity index (χ4n) is 16.6. The third-order valence-corrected chi connectivity index (χ3v) is 25.0. The van der Waals surface area contributed by atoms with Crippen LogP contribution in [0.5, 0.6) is 5.75 Å². The molecule has 1 aromatic heterocycles. The van der Waals surface area contributed by atoms with Crippen molar-refractivity contribution in [2.45, 2.75) is 227 Å². The first-order valence-corrected chi connectivity index (χ1v) is 45.7. The largest absolute Gasteiger partial charge is 0.508 e. The van der Waals surface area contributed by atoms with Crippen LogP contribution >= 0.6 is 11.8 Å². The molecule has 4 heterocycles. The number of aromatic hydroxyl groups is 1. The number of fused-ring (bicyclic) bond motifs is 1. The smallest absolute Gasteiger partial charge is 0.305 e. The van der Waals surface area contributed by atoms with Crippen molar-refractivity contribution in [3.63, 3.8) is 0 Å². The van der Waals surface area contributed by atoms with Crippen LogP contribution in [0, 0.1) is 29.3 Å². The first-order valence-electron chi connectivity index (χ1n) is 44.5. The number of β-amino-alcohol motifs (C(OH)–C–C–N with tert-alkyl or cyclic N) is 2. The number of hydrogen-bond donors (Lipinski definition) is 17. The van der Waals surface area contributed by atoms with Gasteiger partial charge >= 0.3 is 11.9 Å². The average Bonchev–Trinajstić information content (AvgIpc) is 1.60. The second kappa shape index (κ2) is 49.7. The number of nitrogens with one attached hydrogen (secondary N) is 9. The lowest BCUT2D eigenvalue weighted by Gasteiger charge is -2.41. The van der Waals surface area contributed by atoms with Gasteiger partial charge in [-0.05, 0) is 95.7 Å². The number of phenolic OH excluding ortho intramolecular Hbond substituents is 1. The summed E-state index contributed by atoms with van der Waals surface area (Å²) >= 11 is 0.661. The molecule has 3 aliphatic heterocycles. The summed E-state index contributed by atoms with van der Waals surface area (Å²) in [5, 5.41) is 86.1. The van der Waals surface area contributed by atoms with Crippen molar-refractivity contribution in [2.24, 2.45) is 23.3 Å².